The first-order valence-electron chi connectivity index (χ1n) is 11.7. The monoisotopic (exact) mass is 442 g/mol. The van der Waals surface area contributed by atoms with E-state index in [1.54, 1.807) is 0 Å². The Balaban J connectivity index is 1.39. The molecule has 2 aromatic carbocycles. The zero-order chi connectivity index (χ0) is 23.0. The maximum Gasteiger partial charge on any atom is 0.266 e. The van der Waals surface area contributed by atoms with E-state index in [4.69, 9.17) is 9.47 Å². The molecule has 1 aromatic heterocycles. The molecule has 5 heteroatoms. The summed E-state index contributed by atoms with van der Waals surface area (Å²) in [5.41, 5.74) is 4.10. The van der Waals surface area contributed by atoms with Crippen LogP contribution in [-0.4, -0.2) is 22.6 Å². The molecule has 2 aliphatic rings. The van der Waals surface area contributed by atoms with E-state index < -0.39 is 6.10 Å². The Hall–Kier alpha value is -3.34. The molecule has 170 valence electrons. The molecular weight excluding hydrogens is 412 g/mol. The molecule has 0 bridgehead atoms. The third kappa shape index (κ3) is 4.87. The molecule has 5 rings (SSSR count). The fourth-order valence-corrected chi connectivity index (χ4v) is 4.52. The summed E-state index contributed by atoms with van der Waals surface area (Å²) in [5, 5.41) is 2.98. The van der Waals surface area contributed by atoms with Crippen molar-refractivity contribution in [3.63, 3.8) is 0 Å². The van der Waals surface area contributed by atoms with Crippen molar-refractivity contribution in [1.29, 1.82) is 0 Å². The molecule has 1 aliphatic heterocycles. The van der Waals surface area contributed by atoms with Crippen LogP contribution in [0.3, 0.4) is 0 Å². The van der Waals surface area contributed by atoms with Crippen molar-refractivity contribution in [2.45, 2.75) is 64.1 Å². The average Bonchev–Trinajstić information content (AvgIpc) is 3.56. The molecule has 1 saturated carbocycles. The Bertz CT molecular complexity index is 1170. The summed E-state index contributed by atoms with van der Waals surface area (Å²) in [6.45, 7) is 6.13. The van der Waals surface area contributed by atoms with Crippen LogP contribution in [0.5, 0.6) is 11.5 Å². The largest absolute Gasteiger partial charge is 0.483 e. The third-order valence-corrected chi connectivity index (χ3v) is 6.28. The molecule has 1 fully saturated rings. The van der Waals surface area contributed by atoms with Crippen molar-refractivity contribution >= 4 is 11.7 Å². The van der Waals surface area contributed by atoms with E-state index in [1.807, 2.05) is 55.5 Å². The topological polar surface area (TPSA) is 60.5 Å². The highest BCUT2D eigenvalue weighted by Gasteiger charge is 2.34. The Labute approximate surface area is 195 Å². The van der Waals surface area contributed by atoms with E-state index in [0.717, 1.165) is 29.0 Å². The predicted molar refractivity (Wildman–Crippen MR) is 129 cm³/mol. The third-order valence-electron chi connectivity index (χ3n) is 6.28. The molecule has 2 heterocycles. The van der Waals surface area contributed by atoms with Gasteiger partial charge in [-0.15, -0.1) is 0 Å². The lowest BCUT2D eigenvalue weighted by Gasteiger charge is -2.22. The molecule has 0 saturated heterocycles. The molecule has 1 amide bonds. The fraction of sp³-hybridized carbons (Fsp3) is 0.357. The van der Waals surface area contributed by atoms with Crippen LogP contribution in [0.4, 0.5) is 5.82 Å². The predicted octanol–water partition coefficient (Wildman–Crippen LogP) is 5.61. The SMILES string of the molecule is Cc1nc(NC(=O)C(Cc2ccccc2)Oc2cccc3c2OC(C)(C)C3)ccc1C1CC1. The standard InChI is InChI=1S/C28H30N2O3/c1-18-22(20-12-13-20)14-15-25(29-18)30-27(31)24(16-19-8-5-4-6-9-19)32-23-11-7-10-21-17-28(2,3)33-26(21)23/h4-11,14-15,20,24H,12-13,16-17H2,1-3H3,(H,29,30,31). The van der Waals surface area contributed by atoms with Crippen molar-refractivity contribution in [2.75, 3.05) is 5.32 Å². The Morgan fingerprint density at radius 3 is 2.64 bits per heavy atom. The summed E-state index contributed by atoms with van der Waals surface area (Å²) < 4.78 is 12.5. The van der Waals surface area contributed by atoms with Crippen molar-refractivity contribution in [1.82, 2.24) is 4.98 Å². The van der Waals surface area contributed by atoms with E-state index in [1.165, 1.54) is 18.4 Å². The van der Waals surface area contributed by atoms with Crippen LogP contribution in [0.1, 0.15) is 55.0 Å². The molecular formula is C28H30N2O3. The highest BCUT2D eigenvalue weighted by Crippen LogP contribution is 2.43. The summed E-state index contributed by atoms with van der Waals surface area (Å²) in [6.07, 6.45) is 2.98. The van der Waals surface area contributed by atoms with Gasteiger partial charge in [0.05, 0.1) is 0 Å². The molecule has 0 spiro atoms. The van der Waals surface area contributed by atoms with Gasteiger partial charge in [0.2, 0.25) is 0 Å². The van der Waals surface area contributed by atoms with E-state index in [9.17, 15) is 4.79 Å². The highest BCUT2D eigenvalue weighted by molar-refractivity contribution is 5.94. The van der Waals surface area contributed by atoms with Gasteiger partial charge >= 0.3 is 0 Å². The first-order valence-corrected chi connectivity index (χ1v) is 11.7. The van der Waals surface area contributed by atoms with Gasteiger partial charge in [-0.3, -0.25) is 4.79 Å². The molecule has 33 heavy (non-hydrogen) atoms. The fourth-order valence-electron chi connectivity index (χ4n) is 4.52. The number of benzene rings is 2. The number of carbonyl (C=O) groups excluding carboxylic acids is 1. The number of rotatable bonds is 7. The van der Waals surface area contributed by atoms with Gasteiger partial charge in [0.25, 0.3) is 5.91 Å². The summed E-state index contributed by atoms with van der Waals surface area (Å²) >= 11 is 0. The van der Waals surface area contributed by atoms with Gasteiger partial charge in [0.15, 0.2) is 17.6 Å². The number of aryl methyl sites for hydroxylation is 1. The number of para-hydroxylation sites is 1. The van der Waals surface area contributed by atoms with E-state index in [2.05, 4.69) is 36.3 Å². The summed E-state index contributed by atoms with van der Waals surface area (Å²) in [6, 6.07) is 19.8. The summed E-state index contributed by atoms with van der Waals surface area (Å²) in [5.74, 6) is 2.29. The Morgan fingerprint density at radius 1 is 1.12 bits per heavy atom. The van der Waals surface area contributed by atoms with Crippen LogP contribution in [0.25, 0.3) is 0 Å². The number of hydrogen-bond acceptors (Lipinski definition) is 4. The van der Waals surface area contributed by atoms with E-state index in [0.29, 0.717) is 23.9 Å². The second kappa shape index (κ2) is 8.54. The van der Waals surface area contributed by atoms with Crippen LogP contribution in [0, 0.1) is 6.92 Å². The minimum atomic E-state index is -0.726. The smallest absolute Gasteiger partial charge is 0.266 e. The number of nitrogens with zero attached hydrogens (tertiary/aromatic N) is 1. The van der Waals surface area contributed by atoms with Crippen LogP contribution in [-0.2, 0) is 17.6 Å². The van der Waals surface area contributed by atoms with E-state index in [-0.39, 0.29) is 11.5 Å². The zero-order valence-electron chi connectivity index (χ0n) is 19.4. The maximum atomic E-state index is 13.4. The Morgan fingerprint density at radius 2 is 1.91 bits per heavy atom. The number of aromatic nitrogens is 1. The quantitative estimate of drug-likeness (QED) is 0.517. The number of ether oxygens (including phenoxy) is 2. The lowest BCUT2D eigenvalue weighted by molar-refractivity contribution is -0.122. The lowest BCUT2D eigenvalue weighted by atomic mass is 10.0. The molecule has 1 N–H and O–H groups in total. The maximum absolute atomic E-state index is 13.4. The van der Waals surface area contributed by atoms with Crippen molar-refractivity contribution in [3.8, 4) is 11.5 Å². The van der Waals surface area contributed by atoms with Gasteiger partial charge in [-0.25, -0.2) is 4.98 Å². The van der Waals surface area contributed by atoms with Crippen molar-refractivity contribution < 1.29 is 14.3 Å². The molecule has 0 radical (unpaired) electrons. The molecule has 1 unspecified atom stereocenters. The van der Waals surface area contributed by atoms with Crippen LogP contribution in [0.15, 0.2) is 60.7 Å². The van der Waals surface area contributed by atoms with Gasteiger partial charge in [0, 0.05) is 24.1 Å². The minimum Gasteiger partial charge on any atom is -0.483 e. The number of fused-ring (bicyclic) bond motifs is 1. The van der Waals surface area contributed by atoms with Gasteiger partial charge in [0.1, 0.15) is 11.4 Å². The number of pyridine rings is 1. The van der Waals surface area contributed by atoms with E-state index >= 15 is 0 Å². The normalized spacial score (nSPS) is 17.1. The summed E-state index contributed by atoms with van der Waals surface area (Å²) in [7, 11) is 0. The number of nitrogens with one attached hydrogen (secondary N) is 1. The van der Waals surface area contributed by atoms with Gasteiger partial charge in [-0.05, 0) is 62.8 Å². The van der Waals surface area contributed by atoms with Gasteiger partial charge < -0.3 is 14.8 Å². The first kappa shape index (κ1) is 21.5. The number of carbonyl (C=O) groups is 1. The van der Waals surface area contributed by atoms with Crippen LogP contribution >= 0.6 is 0 Å². The van der Waals surface area contributed by atoms with Crippen molar-refractivity contribution in [3.05, 3.63) is 83.0 Å². The number of amides is 1. The average molecular weight is 443 g/mol. The minimum absolute atomic E-state index is 0.222. The van der Waals surface area contributed by atoms with Gasteiger partial charge in [-0.1, -0.05) is 48.5 Å². The molecule has 1 aliphatic carbocycles. The summed E-state index contributed by atoms with van der Waals surface area (Å²) in [4.78, 5) is 18.0. The first-order chi connectivity index (χ1) is 15.9. The van der Waals surface area contributed by atoms with Gasteiger partial charge in [-0.2, -0.15) is 0 Å². The van der Waals surface area contributed by atoms with Crippen molar-refractivity contribution in [2.24, 2.45) is 0 Å². The van der Waals surface area contributed by atoms with Crippen LogP contribution in [0.2, 0.25) is 0 Å². The molecule has 5 nitrogen and oxygen atoms in total. The highest BCUT2D eigenvalue weighted by atomic mass is 16.5. The lowest BCUT2D eigenvalue weighted by Crippen LogP contribution is -2.35. The second-order valence-electron chi connectivity index (χ2n) is 9.71. The number of anilines is 1. The van der Waals surface area contributed by atoms with Crippen LogP contribution < -0.4 is 14.8 Å². The zero-order valence-corrected chi connectivity index (χ0v) is 19.4. The molecule has 1 atom stereocenters. The number of hydrogen-bond donors (Lipinski definition) is 1. The molecule has 3 aromatic rings. The Kier molecular flexibility index (Phi) is 5.57. The second-order valence-corrected chi connectivity index (χ2v) is 9.71.